The highest BCUT2D eigenvalue weighted by Crippen LogP contribution is 2.10. The molecule has 0 unspecified atom stereocenters. The predicted molar refractivity (Wildman–Crippen MR) is 91.1 cm³/mol. The molecule has 21 heavy (non-hydrogen) atoms. The van der Waals surface area contributed by atoms with Crippen molar-refractivity contribution in [1.29, 1.82) is 0 Å². The smallest absolute Gasteiger partial charge is 0.0644 e. The average molecular weight is 284 g/mol. The summed E-state index contributed by atoms with van der Waals surface area (Å²) in [6.07, 6.45) is 13.2. The Morgan fingerprint density at radius 1 is 1.52 bits per heavy atom. The normalized spacial score (nSPS) is 12.4. The van der Waals surface area contributed by atoms with Crippen LogP contribution in [0.3, 0.4) is 0 Å². The van der Waals surface area contributed by atoms with Crippen LogP contribution >= 0.6 is 0 Å². The molecule has 4 nitrogen and oxygen atoms in total. The van der Waals surface area contributed by atoms with Crippen molar-refractivity contribution in [3.8, 4) is 0 Å². The highest BCUT2D eigenvalue weighted by molar-refractivity contribution is 5.60. The molecule has 0 saturated carbocycles. The van der Waals surface area contributed by atoms with Crippen molar-refractivity contribution in [3.05, 3.63) is 66.3 Å². The average Bonchev–Trinajstić information content (AvgIpc) is 2.88. The van der Waals surface area contributed by atoms with Crippen molar-refractivity contribution in [2.75, 3.05) is 6.54 Å². The summed E-state index contributed by atoms with van der Waals surface area (Å²) >= 11 is 0. The van der Waals surface area contributed by atoms with Gasteiger partial charge in [0.05, 0.1) is 11.9 Å². The van der Waals surface area contributed by atoms with Gasteiger partial charge in [-0.1, -0.05) is 39.2 Å². The van der Waals surface area contributed by atoms with Crippen LogP contribution in [0.25, 0.3) is 12.2 Å². The molecule has 112 valence electrons. The molecular weight excluding hydrogens is 260 g/mol. The van der Waals surface area contributed by atoms with E-state index >= 15 is 0 Å². The zero-order valence-corrected chi connectivity index (χ0v) is 12.8. The molecule has 1 rings (SSSR count). The minimum Gasteiger partial charge on any atom is -0.399 e. The molecular formula is C17H24N4. The first-order valence-electron chi connectivity index (χ1n) is 6.91. The number of rotatable bonds is 8. The van der Waals surface area contributed by atoms with Gasteiger partial charge in [-0.2, -0.15) is 5.10 Å². The van der Waals surface area contributed by atoms with E-state index in [-0.39, 0.29) is 0 Å². The Bertz CT molecular complexity index is 559. The van der Waals surface area contributed by atoms with Gasteiger partial charge >= 0.3 is 0 Å². The number of aromatic amines is 1. The molecule has 0 atom stereocenters. The van der Waals surface area contributed by atoms with Gasteiger partial charge in [0.1, 0.15) is 0 Å². The summed E-state index contributed by atoms with van der Waals surface area (Å²) in [6, 6.07) is 0. The van der Waals surface area contributed by atoms with Crippen LogP contribution in [0.5, 0.6) is 0 Å². The van der Waals surface area contributed by atoms with Crippen molar-refractivity contribution < 1.29 is 0 Å². The number of nitrogens with zero attached hydrogens (tertiary/aromatic N) is 1. The second-order valence-corrected chi connectivity index (χ2v) is 4.99. The second kappa shape index (κ2) is 8.64. The number of allylic oxidation sites excluding steroid dienone is 3. The highest BCUT2D eigenvalue weighted by Gasteiger charge is 2.01. The van der Waals surface area contributed by atoms with E-state index in [1.807, 2.05) is 18.4 Å². The monoisotopic (exact) mass is 284 g/mol. The first-order valence-corrected chi connectivity index (χ1v) is 6.91. The van der Waals surface area contributed by atoms with Gasteiger partial charge in [0.15, 0.2) is 0 Å². The number of aromatic nitrogens is 2. The third-order valence-electron chi connectivity index (χ3n) is 2.95. The molecule has 1 heterocycles. The Balaban J connectivity index is 2.58. The number of nitrogens with one attached hydrogen (secondary N) is 2. The van der Waals surface area contributed by atoms with Crippen LogP contribution in [0, 0.1) is 5.92 Å². The molecule has 4 N–H and O–H groups in total. The van der Waals surface area contributed by atoms with Crippen molar-refractivity contribution in [2.24, 2.45) is 11.7 Å². The minimum atomic E-state index is 0.458. The van der Waals surface area contributed by atoms with Crippen LogP contribution in [-0.4, -0.2) is 16.7 Å². The molecule has 0 bridgehead atoms. The van der Waals surface area contributed by atoms with E-state index < -0.39 is 0 Å². The maximum atomic E-state index is 5.50. The Kier molecular flexibility index (Phi) is 6.81. The maximum Gasteiger partial charge on any atom is 0.0644 e. The van der Waals surface area contributed by atoms with Crippen LogP contribution in [0.4, 0.5) is 0 Å². The summed E-state index contributed by atoms with van der Waals surface area (Å²) in [5, 5.41) is 10.1. The molecule has 1 aromatic heterocycles. The van der Waals surface area contributed by atoms with Gasteiger partial charge in [0.25, 0.3) is 0 Å². The van der Waals surface area contributed by atoms with E-state index in [0.29, 0.717) is 11.6 Å². The summed E-state index contributed by atoms with van der Waals surface area (Å²) in [7, 11) is 0. The van der Waals surface area contributed by atoms with Gasteiger partial charge in [-0.15, -0.1) is 0 Å². The highest BCUT2D eigenvalue weighted by atomic mass is 15.1. The second-order valence-electron chi connectivity index (χ2n) is 4.99. The maximum absolute atomic E-state index is 5.50. The van der Waals surface area contributed by atoms with Crippen LogP contribution in [0.1, 0.15) is 25.1 Å². The van der Waals surface area contributed by atoms with Gasteiger partial charge in [-0.3, -0.25) is 5.10 Å². The lowest BCUT2D eigenvalue weighted by molar-refractivity contribution is 0.719. The van der Waals surface area contributed by atoms with Crippen LogP contribution in [-0.2, 0) is 0 Å². The predicted octanol–water partition coefficient (Wildman–Crippen LogP) is 3.22. The summed E-state index contributed by atoms with van der Waals surface area (Å²) in [5.74, 6) is 0.458. The molecule has 0 aliphatic rings. The molecule has 0 spiro atoms. The van der Waals surface area contributed by atoms with Gasteiger partial charge < -0.3 is 11.1 Å². The first kappa shape index (κ1) is 16.6. The van der Waals surface area contributed by atoms with Crippen LogP contribution < -0.4 is 11.1 Å². The van der Waals surface area contributed by atoms with Crippen molar-refractivity contribution in [1.82, 2.24) is 15.5 Å². The van der Waals surface area contributed by atoms with Gasteiger partial charge in [-0.25, -0.2) is 0 Å². The number of nitrogens with two attached hydrogens (primary N) is 1. The lowest BCUT2D eigenvalue weighted by Gasteiger charge is -2.10. The fourth-order valence-electron chi connectivity index (χ4n) is 1.68. The van der Waals surface area contributed by atoms with E-state index in [1.165, 1.54) is 5.57 Å². The zero-order chi connectivity index (χ0) is 15.7. The topological polar surface area (TPSA) is 66.7 Å². The molecule has 0 aliphatic carbocycles. The van der Waals surface area contributed by atoms with E-state index in [9.17, 15) is 0 Å². The van der Waals surface area contributed by atoms with Crippen molar-refractivity contribution >= 4 is 12.2 Å². The quantitative estimate of drug-likeness (QED) is 0.642. The molecule has 0 fully saturated rings. The Morgan fingerprint density at radius 3 is 2.90 bits per heavy atom. The minimum absolute atomic E-state index is 0.458. The van der Waals surface area contributed by atoms with Crippen LogP contribution in [0.2, 0.25) is 0 Å². The van der Waals surface area contributed by atoms with Gasteiger partial charge in [0, 0.05) is 17.8 Å². The molecule has 0 aromatic carbocycles. The van der Waals surface area contributed by atoms with Crippen molar-refractivity contribution in [3.63, 3.8) is 0 Å². The number of hydrogen-bond donors (Lipinski definition) is 3. The summed E-state index contributed by atoms with van der Waals surface area (Å²) in [5.41, 5.74) is 9.26. The fourth-order valence-corrected chi connectivity index (χ4v) is 1.68. The molecule has 4 heteroatoms. The van der Waals surface area contributed by atoms with Crippen LogP contribution in [0.15, 0.2) is 55.1 Å². The molecule has 1 aromatic rings. The van der Waals surface area contributed by atoms with E-state index in [1.54, 1.807) is 18.3 Å². The summed E-state index contributed by atoms with van der Waals surface area (Å²) < 4.78 is 0. The van der Waals surface area contributed by atoms with Gasteiger partial charge in [0.2, 0.25) is 0 Å². The van der Waals surface area contributed by atoms with Crippen molar-refractivity contribution in [2.45, 2.75) is 13.8 Å². The molecule has 0 aliphatic heterocycles. The Hall–Kier alpha value is -2.49. The lowest BCUT2D eigenvalue weighted by Crippen LogP contribution is -2.13. The van der Waals surface area contributed by atoms with Gasteiger partial charge in [-0.05, 0) is 35.9 Å². The van der Waals surface area contributed by atoms with E-state index in [0.717, 1.165) is 17.8 Å². The number of hydrogen-bond acceptors (Lipinski definition) is 3. The zero-order valence-electron chi connectivity index (χ0n) is 12.8. The summed E-state index contributed by atoms with van der Waals surface area (Å²) in [6.45, 7) is 12.5. The molecule has 0 saturated heterocycles. The molecule has 0 amide bonds. The van der Waals surface area contributed by atoms with E-state index in [2.05, 4.69) is 48.6 Å². The largest absolute Gasteiger partial charge is 0.399 e. The van der Waals surface area contributed by atoms with E-state index in [4.69, 9.17) is 5.73 Å². The lowest BCUT2D eigenvalue weighted by atomic mass is 10.0. The Morgan fingerprint density at radius 2 is 2.29 bits per heavy atom. The third-order valence-corrected chi connectivity index (χ3v) is 2.95. The third kappa shape index (κ3) is 5.99. The fraction of sp³-hybridized carbons (Fsp3) is 0.235. The molecule has 0 radical (unpaired) electrons. The standard InChI is InChI=1S/C17H24N4/c1-5-17-16(12-20-21-17)9-10-19-11-15(13(2)3)8-6-7-14(4)18/h5-10,12-13,19H,1,4,11,18H2,2-3H3,(H,20,21)/b7-6-,10-9+,15-8-. The Labute approximate surface area is 126 Å². The SMILES string of the molecule is C=Cc1[nH]ncc1/C=C/NC/C(=C/C=C\C(=C)N)C(C)C. The first-order chi connectivity index (χ1) is 10.0. The number of H-pyrrole nitrogens is 1. The summed E-state index contributed by atoms with van der Waals surface area (Å²) in [4.78, 5) is 0.